The van der Waals surface area contributed by atoms with Crippen LogP contribution in [0.3, 0.4) is 0 Å². The van der Waals surface area contributed by atoms with Crippen molar-refractivity contribution in [2.75, 3.05) is 0 Å². The third kappa shape index (κ3) is 6.07. The van der Waals surface area contributed by atoms with Gasteiger partial charge in [-0.05, 0) is 56.6 Å². The fourth-order valence-corrected chi connectivity index (χ4v) is 8.83. The Labute approximate surface area is 319 Å². The van der Waals surface area contributed by atoms with Gasteiger partial charge < -0.3 is 0 Å². The summed E-state index contributed by atoms with van der Waals surface area (Å²) in [7, 11) is 0. The third-order valence-corrected chi connectivity index (χ3v) is 11.4. The summed E-state index contributed by atoms with van der Waals surface area (Å²) in [6.45, 7) is 4.44. The molecule has 1 aromatic heterocycles. The van der Waals surface area contributed by atoms with E-state index in [1.807, 2.05) is 48.5 Å². The Kier molecular flexibility index (Phi) is 8.46. The first-order chi connectivity index (χ1) is 26.5. The number of fused-ring (bicyclic) bond motifs is 2. The predicted octanol–water partition coefficient (Wildman–Crippen LogP) is 12.5. The van der Waals surface area contributed by atoms with Crippen LogP contribution in [0.15, 0.2) is 180 Å². The average molecular weight is 711 g/mol. The SMILES string of the molecule is CC1(C)c2ccccc2Sc2ccc(-c3ccc(-c4nc(-c5ccc(-c6ccccc6)cc5)nc(-c5ccc(-c6ccccc6)cc5)n4)cc3)c(C#N)c21. The van der Waals surface area contributed by atoms with E-state index in [1.54, 1.807) is 11.8 Å². The quantitative estimate of drug-likeness (QED) is 0.172. The van der Waals surface area contributed by atoms with Crippen LogP contribution >= 0.6 is 11.8 Å². The highest BCUT2D eigenvalue weighted by Crippen LogP contribution is 2.51. The second-order valence-electron chi connectivity index (χ2n) is 14.0. The van der Waals surface area contributed by atoms with Gasteiger partial charge in [-0.25, -0.2) is 15.0 Å². The zero-order valence-corrected chi connectivity index (χ0v) is 30.7. The van der Waals surface area contributed by atoms with E-state index < -0.39 is 0 Å². The Morgan fingerprint density at radius 2 is 0.833 bits per heavy atom. The number of nitrogens with zero attached hydrogens (tertiary/aromatic N) is 4. The first-order valence-electron chi connectivity index (χ1n) is 18.0. The van der Waals surface area contributed by atoms with E-state index in [9.17, 15) is 5.26 Å². The van der Waals surface area contributed by atoms with Gasteiger partial charge in [0.15, 0.2) is 17.5 Å². The monoisotopic (exact) mass is 710 g/mol. The molecule has 0 spiro atoms. The number of rotatable bonds is 6. The van der Waals surface area contributed by atoms with E-state index in [-0.39, 0.29) is 5.41 Å². The maximum Gasteiger partial charge on any atom is 0.164 e. The summed E-state index contributed by atoms with van der Waals surface area (Å²) in [5, 5.41) is 10.6. The lowest BCUT2D eigenvalue weighted by Gasteiger charge is -2.35. The first kappa shape index (κ1) is 33.2. The molecule has 256 valence electrons. The number of benzene rings is 7. The summed E-state index contributed by atoms with van der Waals surface area (Å²) < 4.78 is 0. The molecule has 1 aliphatic heterocycles. The molecule has 0 amide bonds. The van der Waals surface area contributed by atoms with Gasteiger partial charge in [0.05, 0.1) is 5.56 Å². The van der Waals surface area contributed by atoms with E-state index in [1.165, 1.54) is 10.5 Å². The second kappa shape index (κ2) is 13.7. The van der Waals surface area contributed by atoms with Crippen LogP contribution in [0, 0.1) is 11.3 Å². The standard InChI is InChI=1S/C49H34N4S/c1-49(2)42-15-9-10-16-43(42)54-44-30-29-40(41(31-50)45(44)49)36-21-27-39(28-22-36)48-52-46(37-23-17-34(18-24-37)32-11-5-3-6-12-32)51-47(53-48)38-25-19-35(20-26-38)33-13-7-4-8-14-33/h3-30H,1-2H3. The Morgan fingerprint density at radius 1 is 0.426 bits per heavy atom. The van der Waals surface area contributed by atoms with Crippen molar-refractivity contribution in [2.24, 2.45) is 0 Å². The van der Waals surface area contributed by atoms with Crippen LogP contribution in [0.2, 0.25) is 0 Å². The maximum absolute atomic E-state index is 10.6. The van der Waals surface area contributed by atoms with Gasteiger partial charge in [-0.15, -0.1) is 0 Å². The van der Waals surface area contributed by atoms with Crippen LogP contribution in [0.5, 0.6) is 0 Å². The van der Waals surface area contributed by atoms with Crippen LogP contribution < -0.4 is 0 Å². The lowest BCUT2D eigenvalue weighted by Crippen LogP contribution is -2.25. The summed E-state index contributed by atoms with van der Waals surface area (Å²) >= 11 is 1.74. The lowest BCUT2D eigenvalue weighted by molar-refractivity contribution is 0.605. The number of hydrogen-bond donors (Lipinski definition) is 0. The molecule has 0 saturated heterocycles. The van der Waals surface area contributed by atoms with Crippen molar-refractivity contribution >= 4 is 11.8 Å². The van der Waals surface area contributed by atoms with E-state index >= 15 is 0 Å². The highest BCUT2D eigenvalue weighted by Gasteiger charge is 2.36. The second-order valence-corrected chi connectivity index (χ2v) is 15.1. The highest BCUT2D eigenvalue weighted by atomic mass is 32.2. The van der Waals surface area contributed by atoms with E-state index in [0.29, 0.717) is 17.5 Å². The van der Waals surface area contributed by atoms with Crippen LogP contribution in [0.4, 0.5) is 0 Å². The molecular weight excluding hydrogens is 677 g/mol. The van der Waals surface area contributed by atoms with E-state index in [4.69, 9.17) is 15.0 Å². The van der Waals surface area contributed by atoms with Gasteiger partial charge in [-0.1, -0.05) is 183 Å². The normalized spacial score (nSPS) is 12.7. The van der Waals surface area contributed by atoms with Crippen molar-refractivity contribution in [3.05, 3.63) is 187 Å². The van der Waals surface area contributed by atoms with Gasteiger partial charge in [0, 0.05) is 31.9 Å². The molecule has 54 heavy (non-hydrogen) atoms. The van der Waals surface area contributed by atoms with E-state index in [0.717, 1.165) is 66.1 Å². The number of aromatic nitrogens is 3. The number of nitriles is 1. The Bertz CT molecular complexity index is 2580. The summed E-state index contributed by atoms with van der Waals surface area (Å²) in [6, 6.07) is 61.0. The van der Waals surface area contributed by atoms with Gasteiger partial charge in [-0.2, -0.15) is 5.26 Å². The van der Waals surface area contributed by atoms with Crippen molar-refractivity contribution in [3.8, 4) is 73.6 Å². The van der Waals surface area contributed by atoms with Crippen molar-refractivity contribution in [1.29, 1.82) is 5.26 Å². The summed E-state index contributed by atoms with van der Waals surface area (Å²) in [5.41, 5.74) is 11.9. The smallest absolute Gasteiger partial charge is 0.164 e. The van der Waals surface area contributed by atoms with Crippen molar-refractivity contribution in [1.82, 2.24) is 15.0 Å². The molecule has 0 unspecified atom stereocenters. The van der Waals surface area contributed by atoms with Crippen molar-refractivity contribution in [3.63, 3.8) is 0 Å². The molecule has 4 nitrogen and oxygen atoms in total. The van der Waals surface area contributed by atoms with Gasteiger partial charge in [0.25, 0.3) is 0 Å². The molecule has 1 aliphatic rings. The van der Waals surface area contributed by atoms with Crippen molar-refractivity contribution < 1.29 is 0 Å². The Balaban J connectivity index is 1.10. The maximum atomic E-state index is 10.6. The zero-order chi connectivity index (χ0) is 36.6. The topological polar surface area (TPSA) is 62.5 Å². The fraction of sp³-hybridized carbons (Fsp3) is 0.0612. The van der Waals surface area contributed by atoms with Crippen LogP contribution in [0.25, 0.3) is 67.5 Å². The molecule has 0 N–H and O–H groups in total. The minimum Gasteiger partial charge on any atom is -0.208 e. The molecule has 0 saturated carbocycles. The van der Waals surface area contributed by atoms with Gasteiger partial charge in [0.1, 0.15) is 6.07 Å². The molecule has 8 aromatic rings. The highest BCUT2D eigenvalue weighted by molar-refractivity contribution is 7.99. The first-order valence-corrected chi connectivity index (χ1v) is 18.8. The Hall–Kier alpha value is -6.61. The summed E-state index contributed by atoms with van der Waals surface area (Å²) in [4.78, 5) is 17.4. The zero-order valence-electron chi connectivity index (χ0n) is 29.9. The molecule has 9 rings (SSSR count). The lowest BCUT2D eigenvalue weighted by atomic mass is 9.74. The van der Waals surface area contributed by atoms with Crippen molar-refractivity contribution in [2.45, 2.75) is 29.1 Å². The molecule has 0 atom stereocenters. The average Bonchev–Trinajstić information content (AvgIpc) is 3.24. The molecule has 2 heterocycles. The van der Waals surface area contributed by atoms with Crippen LogP contribution in [-0.2, 0) is 5.41 Å². The third-order valence-electron chi connectivity index (χ3n) is 10.3. The van der Waals surface area contributed by atoms with Gasteiger partial charge in [-0.3, -0.25) is 0 Å². The number of hydrogen-bond acceptors (Lipinski definition) is 5. The molecule has 5 heteroatoms. The van der Waals surface area contributed by atoms with Crippen LogP contribution in [0.1, 0.15) is 30.5 Å². The summed E-state index contributed by atoms with van der Waals surface area (Å²) in [5.74, 6) is 1.79. The molecule has 0 bridgehead atoms. The summed E-state index contributed by atoms with van der Waals surface area (Å²) in [6.07, 6.45) is 0. The van der Waals surface area contributed by atoms with Crippen LogP contribution in [-0.4, -0.2) is 15.0 Å². The minimum absolute atomic E-state index is 0.311. The van der Waals surface area contributed by atoms with Gasteiger partial charge in [0.2, 0.25) is 0 Å². The fourth-order valence-electron chi connectivity index (χ4n) is 7.42. The Morgan fingerprint density at radius 3 is 1.31 bits per heavy atom. The molecule has 0 aliphatic carbocycles. The van der Waals surface area contributed by atoms with E-state index in [2.05, 4.69) is 141 Å². The molecule has 0 fully saturated rings. The molecule has 7 aromatic carbocycles. The molecular formula is C49H34N4S. The largest absolute Gasteiger partial charge is 0.208 e. The molecule has 0 radical (unpaired) electrons. The predicted molar refractivity (Wildman–Crippen MR) is 220 cm³/mol. The van der Waals surface area contributed by atoms with Gasteiger partial charge >= 0.3 is 0 Å². The minimum atomic E-state index is -0.311.